The number of benzene rings is 1. The van der Waals surface area contributed by atoms with Crippen LogP contribution in [0.2, 0.25) is 0 Å². The molecule has 0 aliphatic carbocycles. The number of aromatic carboxylic acids is 1. The first-order chi connectivity index (χ1) is 8.08. The van der Waals surface area contributed by atoms with E-state index in [1.54, 1.807) is 0 Å². The molecule has 0 bridgehead atoms. The minimum atomic E-state index is -1.04. The van der Waals surface area contributed by atoms with Crippen molar-refractivity contribution in [3.63, 3.8) is 0 Å². The number of hydrogen-bond acceptors (Lipinski definition) is 3. The number of carbonyl (C=O) groups is 1. The molecule has 0 fully saturated rings. The number of rotatable bonds is 2. The van der Waals surface area contributed by atoms with Crippen molar-refractivity contribution in [3.8, 4) is 11.3 Å². The third-order valence-electron chi connectivity index (χ3n) is 2.26. The minimum Gasteiger partial charge on any atom is -0.478 e. The van der Waals surface area contributed by atoms with Crippen molar-refractivity contribution in [3.05, 3.63) is 46.6 Å². The lowest BCUT2D eigenvalue weighted by molar-refractivity contribution is 0.0696. The van der Waals surface area contributed by atoms with Gasteiger partial charge >= 0.3 is 5.97 Å². The van der Waals surface area contributed by atoms with Crippen molar-refractivity contribution in [2.24, 2.45) is 0 Å². The SMILES string of the molecule is Nc1cc(C(=O)O)cnc1-c1cccc(Br)c1. The van der Waals surface area contributed by atoms with Crippen molar-refractivity contribution in [2.45, 2.75) is 0 Å². The molecule has 1 aromatic heterocycles. The fourth-order valence-electron chi connectivity index (χ4n) is 1.48. The number of aromatic nitrogens is 1. The number of hydrogen-bond donors (Lipinski definition) is 2. The van der Waals surface area contributed by atoms with Crippen LogP contribution in [0, 0.1) is 0 Å². The molecule has 0 aliphatic rings. The third kappa shape index (κ3) is 2.45. The maximum absolute atomic E-state index is 10.8. The van der Waals surface area contributed by atoms with E-state index >= 15 is 0 Å². The molecule has 0 unspecified atom stereocenters. The lowest BCUT2D eigenvalue weighted by Gasteiger charge is -2.06. The molecular formula is C12H9BrN2O2. The molecule has 0 amide bonds. The van der Waals surface area contributed by atoms with Crippen LogP contribution in [-0.2, 0) is 0 Å². The molecule has 17 heavy (non-hydrogen) atoms. The Hall–Kier alpha value is -1.88. The fourth-order valence-corrected chi connectivity index (χ4v) is 1.87. The van der Waals surface area contributed by atoms with Gasteiger partial charge in [-0.15, -0.1) is 0 Å². The van der Waals surface area contributed by atoms with Gasteiger partial charge in [-0.3, -0.25) is 4.98 Å². The van der Waals surface area contributed by atoms with E-state index in [9.17, 15) is 4.79 Å². The van der Waals surface area contributed by atoms with Crippen molar-refractivity contribution in [1.82, 2.24) is 4.98 Å². The van der Waals surface area contributed by atoms with E-state index in [4.69, 9.17) is 10.8 Å². The Kier molecular flexibility index (Phi) is 3.10. The number of halogens is 1. The molecule has 4 nitrogen and oxygen atoms in total. The normalized spacial score (nSPS) is 10.2. The van der Waals surface area contributed by atoms with Crippen LogP contribution in [0.25, 0.3) is 11.3 Å². The molecule has 0 saturated carbocycles. The van der Waals surface area contributed by atoms with E-state index in [1.165, 1.54) is 12.3 Å². The maximum atomic E-state index is 10.8. The summed E-state index contributed by atoms with van der Waals surface area (Å²) in [5.74, 6) is -1.04. The molecule has 2 aromatic rings. The van der Waals surface area contributed by atoms with Crippen LogP contribution in [0.15, 0.2) is 41.0 Å². The Balaban J connectivity index is 2.50. The number of carboxylic acid groups (broad SMARTS) is 1. The monoisotopic (exact) mass is 292 g/mol. The molecule has 0 radical (unpaired) electrons. The zero-order valence-corrected chi connectivity index (χ0v) is 10.3. The van der Waals surface area contributed by atoms with Crippen molar-refractivity contribution >= 4 is 27.6 Å². The van der Waals surface area contributed by atoms with Crippen LogP contribution < -0.4 is 5.73 Å². The molecule has 0 saturated heterocycles. The largest absolute Gasteiger partial charge is 0.478 e. The van der Waals surface area contributed by atoms with Crippen LogP contribution in [0.4, 0.5) is 5.69 Å². The summed E-state index contributed by atoms with van der Waals surface area (Å²) in [5, 5.41) is 8.81. The molecule has 0 spiro atoms. The Morgan fingerprint density at radius 2 is 2.12 bits per heavy atom. The summed E-state index contributed by atoms with van der Waals surface area (Å²) in [5.41, 5.74) is 7.66. The summed E-state index contributed by atoms with van der Waals surface area (Å²) in [4.78, 5) is 14.8. The highest BCUT2D eigenvalue weighted by atomic mass is 79.9. The summed E-state index contributed by atoms with van der Waals surface area (Å²) in [6.45, 7) is 0. The lowest BCUT2D eigenvalue weighted by atomic mass is 10.1. The Morgan fingerprint density at radius 3 is 2.71 bits per heavy atom. The van der Waals surface area contributed by atoms with Crippen LogP contribution in [0.5, 0.6) is 0 Å². The molecule has 0 aliphatic heterocycles. The van der Waals surface area contributed by atoms with Gasteiger partial charge in [0, 0.05) is 16.2 Å². The quantitative estimate of drug-likeness (QED) is 0.892. The number of pyridine rings is 1. The number of anilines is 1. The summed E-state index contributed by atoms with van der Waals surface area (Å²) in [7, 11) is 0. The van der Waals surface area contributed by atoms with E-state index in [0.717, 1.165) is 10.0 Å². The maximum Gasteiger partial charge on any atom is 0.337 e. The second-order valence-corrected chi connectivity index (χ2v) is 4.39. The van der Waals surface area contributed by atoms with Gasteiger partial charge in [0.25, 0.3) is 0 Å². The average Bonchev–Trinajstić information content (AvgIpc) is 2.28. The van der Waals surface area contributed by atoms with Gasteiger partial charge in [-0.1, -0.05) is 28.1 Å². The average molecular weight is 293 g/mol. The third-order valence-corrected chi connectivity index (χ3v) is 2.76. The van der Waals surface area contributed by atoms with Crippen LogP contribution in [0.3, 0.4) is 0 Å². The van der Waals surface area contributed by atoms with Crippen molar-refractivity contribution in [2.75, 3.05) is 5.73 Å². The van der Waals surface area contributed by atoms with E-state index in [0.29, 0.717) is 11.4 Å². The zero-order chi connectivity index (χ0) is 12.4. The summed E-state index contributed by atoms with van der Waals surface area (Å²) < 4.78 is 0.915. The van der Waals surface area contributed by atoms with Crippen LogP contribution >= 0.6 is 15.9 Å². The molecule has 2 rings (SSSR count). The number of nitrogen functional groups attached to an aromatic ring is 1. The number of carboxylic acids is 1. The second kappa shape index (κ2) is 4.55. The first-order valence-electron chi connectivity index (χ1n) is 4.82. The summed E-state index contributed by atoms with van der Waals surface area (Å²) in [6.07, 6.45) is 1.30. The molecule has 1 aromatic carbocycles. The first kappa shape index (κ1) is 11.6. The molecule has 1 heterocycles. The van der Waals surface area contributed by atoms with E-state index in [1.807, 2.05) is 24.3 Å². The van der Waals surface area contributed by atoms with Gasteiger partial charge in [-0.2, -0.15) is 0 Å². The second-order valence-electron chi connectivity index (χ2n) is 3.48. The van der Waals surface area contributed by atoms with E-state index in [2.05, 4.69) is 20.9 Å². The zero-order valence-electron chi connectivity index (χ0n) is 8.72. The standard InChI is InChI=1S/C12H9BrN2O2/c13-9-3-1-2-7(4-9)11-10(14)5-8(6-15-11)12(16)17/h1-6H,14H2,(H,16,17). The summed E-state index contributed by atoms with van der Waals surface area (Å²) in [6, 6.07) is 8.91. The van der Waals surface area contributed by atoms with Gasteiger partial charge in [0.15, 0.2) is 0 Å². The van der Waals surface area contributed by atoms with E-state index < -0.39 is 5.97 Å². The Bertz CT molecular complexity index is 584. The predicted octanol–water partition coefficient (Wildman–Crippen LogP) is 2.79. The first-order valence-corrected chi connectivity index (χ1v) is 5.62. The molecular weight excluding hydrogens is 284 g/mol. The van der Waals surface area contributed by atoms with Gasteiger partial charge in [0.2, 0.25) is 0 Å². The lowest BCUT2D eigenvalue weighted by Crippen LogP contribution is -2.01. The Labute approximate surface area is 106 Å². The number of nitrogens with zero attached hydrogens (tertiary/aromatic N) is 1. The van der Waals surface area contributed by atoms with Crippen LogP contribution in [-0.4, -0.2) is 16.1 Å². The van der Waals surface area contributed by atoms with Crippen molar-refractivity contribution in [1.29, 1.82) is 0 Å². The highest BCUT2D eigenvalue weighted by Crippen LogP contribution is 2.26. The molecule has 5 heteroatoms. The molecule has 0 atom stereocenters. The van der Waals surface area contributed by atoms with Gasteiger partial charge in [-0.25, -0.2) is 4.79 Å². The topological polar surface area (TPSA) is 76.2 Å². The van der Waals surface area contributed by atoms with Gasteiger partial charge in [0.1, 0.15) is 0 Å². The van der Waals surface area contributed by atoms with Crippen LogP contribution in [0.1, 0.15) is 10.4 Å². The predicted molar refractivity (Wildman–Crippen MR) is 68.7 cm³/mol. The van der Waals surface area contributed by atoms with Gasteiger partial charge < -0.3 is 10.8 Å². The fraction of sp³-hybridized carbons (Fsp3) is 0. The smallest absolute Gasteiger partial charge is 0.337 e. The minimum absolute atomic E-state index is 0.0845. The number of nitrogens with two attached hydrogens (primary N) is 1. The highest BCUT2D eigenvalue weighted by molar-refractivity contribution is 9.10. The molecule has 3 N–H and O–H groups in total. The highest BCUT2D eigenvalue weighted by Gasteiger charge is 2.09. The molecule has 86 valence electrons. The Morgan fingerprint density at radius 1 is 1.35 bits per heavy atom. The van der Waals surface area contributed by atoms with Gasteiger partial charge in [0.05, 0.1) is 16.9 Å². The summed E-state index contributed by atoms with van der Waals surface area (Å²) >= 11 is 3.36. The van der Waals surface area contributed by atoms with Crippen molar-refractivity contribution < 1.29 is 9.90 Å². The van der Waals surface area contributed by atoms with E-state index in [-0.39, 0.29) is 5.56 Å². The van der Waals surface area contributed by atoms with Gasteiger partial charge in [-0.05, 0) is 18.2 Å².